The molecule has 0 bridgehead atoms. The molecule has 0 aliphatic heterocycles. The molecule has 0 aliphatic rings. The van der Waals surface area contributed by atoms with Gasteiger partial charge in [-0.1, -0.05) is 0 Å². The van der Waals surface area contributed by atoms with Crippen molar-refractivity contribution in [3.05, 3.63) is 173 Å². The summed E-state index contributed by atoms with van der Waals surface area (Å²) in [5.74, 6) is -14.4. The zero-order chi connectivity index (χ0) is 76.6. The quantitative estimate of drug-likeness (QED) is 0.0316. The van der Waals surface area contributed by atoms with Gasteiger partial charge < -0.3 is 19.6 Å². The Morgan fingerprint density at radius 2 is 0.683 bits per heavy atom. The molecule has 8 rings (SSSR count). The zero-order valence-corrected chi connectivity index (χ0v) is 53.9. The molecular formula is C58H42F26N8O6S3. The van der Waals surface area contributed by atoms with Crippen LogP contribution in [-0.4, -0.2) is 103 Å². The molecule has 4 aromatic heterocycles. The highest BCUT2D eigenvalue weighted by Crippen LogP contribution is 2.46. The topological polar surface area (TPSA) is 136 Å². The van der Waals surface area contributed by atoms with E-state index in [9.17, 15) is 123 Å². The fraction of sp³-hybridized carbons (Fsp3) is 0.241. The van der Waals surface area contributed by atoms with Crippen LogP contribution in [0.1, 0.15) is 16.7 Å². The monoisotopic (exact) mass is 1540 g/mol. The van der Waals surface area contributed by atoms with E-state index in [4.69, 9.17) is 0 Å². The third kappa shape index (κ3) is 21.5. The van der Waals surface area contributed by atoms with Gasteiger partial charge in [0.25, 0.3) is 9.84 Å². The van der Waals surface area contributed by atoms with Gasteiger partial charge in [0.2, 0.25) is 0 Å². The first kappa shape index (κ1) is 83.0. The predicted molar refractivity (Wildman–Crippen MR) is 312 cm³/mol. The van der Waals surface area contributed by atoms with E-state index in [1.54, 1.807) is 84.4 Å². The number of benzene rings is 4. The van der Waals surface area contributed by atoms with E-state index < -0.39 is 165 Å². The minimum atomic E-state index is -6.37. The van der Waals surface area contributed by atoms with Crippen LogP contribution >= 0.6 is 24.1 Å². The van der Waals surface area contributed by atoms with Crippen LogP contribution in [0, 0.1) is 46.5 Å². The normalized spacial score (nSPS) is 12.2. The number of hydrogen-bond acceptors (Lipinski definition) is 16. The van der Waals surface area contributed by atoms with Gasteiger partial charge in [0.15, 0.2) is 23.3 Å². The van der Waals surface area contributed by atoms with Gasteiger partial charge in [-0.2, -0.15) is 52.7 Å². The highest BCUT2D eigenvalue weighted by molar-refractivity contribution is 7.95. The third-order valence-corrected chi connectivity index (χ3v) is 15.4. The van der Waals surface area contributed by atoms with E-state index in [0.29, 0.717) is 23.1 Å². The Morgan fingerprint density at radius 1 is 0.356 bits per heavy atom. The first-order chi connectivity index (χ1) is 46.3. The van der Waals surface area contributed by atoms with Crippen molar-refractivity contribution in [2.24, 2.45) is 0 Å². The van der Waals surface area contributed by atoms with Crippen molar-refractivity contribution in [2.45, 2.75) is 51.4 Å². The van der Waals surface area contributed by atoms with E-state index in [1.165, 1.54) is 40.4 Å². The van der Waals surface area contributed by atoms with Gasteiger partial charge >= 0.3 is 36.8 Å². The lowest BCUT2D eigenvalue weighted by Gasteiger charge is -2.18. The van der Waals surface area contributed by atoms with E-state index in [1.807, 2.05) is 0 Å². The van der Waals surface area contributed by atoms with Crippen LogP contribution < -0.4 is 19.6 Å². The lowest BCUT2D eigenvalue weighted by Crippen LogP contribution is -2.25. The van der Waals surface area contributed by atoms with E-state index in [2.05, 4.69) is 38.4 Å². The van der Waals surface area contributed by atoms with Crippen LogP contribution in [0.4, 0.5) is 137 Å². The van der Waals surface area contributed by atoms with Crippen molar-refractivity contribution < 1.29 is 141 Å². The summed E-state index contributed by atoms with van der Waals surface area (Å²) in [5.41, 5.74) is -13.9. The second-order valence-electron chi connectivity index (χ2n) is 20.4. The fourth-order valence-corrected chi connectivity index (χ4v) is 9.80. The Morgan fingerprint density at radius 3 is 1.03 bits per heavy atom. The molecule has 8 aromatic rings. The Labute approximate surface area is 561 Å². The zero-order valence-electron chi connectivity index (χ0n) is 51.5. The van der Waals surface area contributed by atoms with Gasteiger partial charge in [-0.15, -0.1) is 44.8 Å². The van der Waals surface area contributed by atoms with Crippen molar-refractivity contribution >= 4 is 56.7 Å². The van der Waals surface area contributed by atoms with Gasteiger partial charge in [0, 0.05) is 126 Å². The lowest BCUT2D eigenvalue weighted by molar-refractivity contribution is -0.440. The van der Waals surface area contributed by atoms with Crippen molar-refractivity contribution in [1.29, 1.82) is 0 Å². The first-order valence-electron chi connectivity index (χ1n) is 26.6. The Hall–Kier alpha value is -8.65. The summed E-state index contributed by atoms with van der Waals surface area (Å²) in [5, 5.41) is 0. The minimum Gasteiger partial charge on any atom is -0.378 e. The number of aromatic nitrogens is 4. The Kier molecular flexibility index (Phi) is 26.8. The molecule has 0 unspecified atom stereocenters. The van der Waals surface area contributed by atoms with Crippen molar-refractivity contribution in [2.75, 3.05) is 76.0 Å². The number of anilines is 4. The van der Waals surface area contributed by atoms with Crippen LogP contribution in [0.3, 0.4) is 0 Å². The van der Waals surface area contributed by atoms with Crippen LogP contribution in [0.15, 0.2) is 124 Å². The van der Waals surface area contributed by atoms with Gasteiger partial charge in [-0.3, -0.25) is 19.9 Å². The van der Waals surface area contributed by atoms with Crippen LogP contribution in [-0.2, 0) is 46.8 Å². The number of alkyl halides is 18. The van der Waals surface area contributed by atoms with Crippen molar-refractivity contribution in [3.63, 3.8) is 0 Å². The Bertz CT molecular complexity index is 4350. The number of halogens is 26. The summed E-state index contributed by atoms with van der Waals surface area (Å²) in [6.07, 6.45) is -21.7. The highest BCUT2D eigenvalue weighted by atomic mass is 32.2. The summed E-state index contributed by atoms with van der Waals surface area (Å²) >= 11 is -1.01. The molecule has 0 N–H and O–H groups in total. The molecule has 0 fully saturated rings. The number of hydrogen-bond donors (Lipinski definition) is 0. The molecule has 14 nitrogen and oxygen atoms in total. The number of rotatable bonds is 15. The average Bonchev–Trinajstić information content (AvgIpc) is 0.765. The van der Waals surface area contributed by atoms with E-state index in [0.717, 1.165) is 48.4 Å². The molecule has 0 spiro atoms. The Balaban J connectivity index is 0.000000245. The largest absolute Gasteiger partial charge is 0.550 e. The molecule has 0 radical (unpaired) electrons. The highest BCUT2D eigenvalue weighted by Gasteiger charge is 2.50. The molecule has 550 valence electrons. The summed E-state index contributed by atoms with van der Waals surface area (Å²) in [7, 11) is 6.82. The summed E-state index contributed by atoms with van der Waals surface area (Å²) in [6, 6.07) is 14.9. The van der Waals surface area contributed by atoms with Crippen LogP contribution in [0.5, 0.6) is 0 Å². The molecule has 43 heteroatoms. The molecule has 0 saturated heterocycles. The minimum absolute atomic E-state index is 0.00389. The number of sulfone groups is 1. The van der Waals surface area contributed by atoms with Gasteiger partial charge in [-0.05, 0) is 84.9 Å². The molecular weight excluding hydrogens is 1490 g/mol. The fourth-order valence-electron chi connectivity index (χ4n) is 7.82. The second kappa shape index (κ2) is 32.6. The molecule has 4 aromatic carbocycles. The molecule has 0 amide bonds. The van der Waals surface area contributed by atoms with E-state index >= 15 is 0 Å². The summed E-state index contributed by atoms with van der Waals surface area (Å²) < 4.78 is 370. The van der Waals surface area contributed by atoms with Gasteiger partial charge in [0.05, 0.1) is 52.4 Å². The maximum atomic E-state index is 14.8. The lowest BCUT2D eigenvalue weighted by atomic mass is 10.00. The smallest absolute Gasteiger partial charge is 0.378 e. The first-order valence-corrected chi connectivity index (χ1v) is 29.5. The average molecular weight is 1540 g/mol. The molecule has 0 saturated carbocycles. The third-order valence-electron chi connectivity index (χ3n) is 12.6. The molecule has 101 heavy (non-hydrogen) atoms. The SMILES string of the molecule is CN(C)c1ccnc(-c2cc(C(F)(F)F)c(F)c(C(F)(F)F)c2F)c1.CN(C)c1ccnc(-c2cc(S(=O)(=O)C(F)(F)F)c(F)c(SOOC(F)(F)F)c2F)c1.CN(C)c1ccnc(-c2ccc(F)c(C(F)(F)F)c2F)c1.CN(C)c1ccnc(-c2ccc(F)c(SOOC(F)(F)F)c2F)c1. The second-order valence-corrected chi connectivity index (χ2v) is 23.7. The van der Waals surface area contributed by atoms with Gasteiger partial charge in [-0.25, -0.2) is 43.5 Å². The summed E-state index contributed by atoms with van der Waals surface area (Å²) in [4.78, 5) is 23.0. The van der Waals surface area contributed by atoms with E-state index in [-0.39, 0.29) is 41.1 Å². The van der Waals surface area contributed by atoms with Crippen molar-refractivity contribution in [1.82, 2.24) is 19.9 Å². The molecule has 4 heterocycles. The molecule has 0 aliphatic carbocycles. The van der Waals surface area contributed by atoms with Crippen molar-refractivity contribution in [3.8, 4) is 45.0 Å². The molecule has 0 atom stereocenters. The number of nitrogens with zero attached hydrogens (tertiary/aromatic N) is 8. The maximum Gasteiger partial charge on any atom is 0.550 e. The summed E-state index contributed by atoms with van der Waals surface area (Å²) in [6.45, 7) is 0. The predicted octanol–water partition coefficient (Wildman–Crippen LogP) is 18.7. The maximum absolute atomic E-state index is 14.8. The van der Waals surface area contributed by atoms with Crippen LogP contribution in [0.2, 0.25) is 0 Å². The number of pyridine rings is 4. The van der Waals surface area contributed by atoms with Crippen LogP contribution in [0.25, 0.3) is 45.0 Å². The van der Waals surface area contributed by atoms with Gasteiger partial charge in [0.1, 0.15) is 49.1 Å². The standard InChI is InChI=1S/C15H10F8N2O4S2.C15H10F8N2.C14H11F5N2O2S.C14H11F5N2/c1-25(2)7-3-4-24-9(5-7)8-6-10(31(26,27)15(21,22)23)12(17)13(11(8)16)30-29-28-14(18,19)20;1-25(2)7-3-4-24-10(5-7)8-6-9(14(18,19)20)13(17)11(12(8)16)15(21,22)23;1-21(2)8-5-6-20-11(7-8)9-3-4-10(15)13(12(9)16)24-23-22-14(17,18)19;1-21(2)8-5-6-20-11(7-8)9-3-4-10(15)12(13(9)16)14(17,18)19/h3-6H,1-2H3;3-6H,1-2H3;3-7H,1-2H3;3-7H,1-2H3.